The molecule has 7 heteroatoms. The molecule has 1 atom stereocenters. The molecule has 4 rings (SSSR count). The van der Waals surface area contributed by atoms with E-state index in [2.05, 4.69) is 24.9 Å². The number of rotatable bonds is 5. The summed E-state index contributed by atoms with van der Waals surface area (Å²) in [4.78, 5) is 33.8. The molecule has 2 aromatic rings. The van der Waals surface area contributed by atoms with E-state index in [4.69, 9.17) is 0 Å². The molecule has 0 bridgehead atoms. The van der Waals surface area contributed by atoms with Crippen LogP contribution in [0.15, 0.2) is 36.7 Å². The van der Waals surface area contributed by atoms with Gasteiger partial charge in [-0.25, -0.2) is 4.98 Å². The molecular weight excluding hydrogens is 392 g/mol. The van der Waals surface area contributed by atoms with Gasteiger partial charge in [-0.2, -0.15) is 0 Å². The number of aromatic nitrogens is 2. The number of hydrogen-bond acceptors (Lipinski definition) is 4. The van der Waals surface area contributed by atoms with Crippen LogP contribution in [0.3, 0.4) is 0 Å². The topological polar surface area (TPSA) is 78.7 Å². The molecule has 2 amide bonds. The first kappa shape index (κ1) is 21.6. The third-order valence-electron chi connectivity index (χ3n) is 6.72. The summed E-state index contributed by atoms with van der Waals surface area (Å²) in [6.07, 6.45) is 4.91. The number of para-hydroxylation sites is 1. The van der Waals surface area contributed by atoms with Crippen LogP contribution in [0.4, 0.5) is 5.69 Å². The Morgan fingerprint density at radius 1 is 1.26 bits per heavy atom. The van der Waals surface area contributed by atoms with Gasteiger partial charge in [-0.05, 0) is 37.3 Å². The molecule has 7 nitrogen and oxygen atoms in total. The molecule has 0 unspecified atom stereocenters. The first-order valence-corrected chi connectivity index (χ1v) is 11.2. The van der Waals surface area contributed by atoms with Crippen LogP contribution in [0.1, 0.15) is 50.4 Å². The fraction of sp³-hybridized carbons (Fsp3) is 0.542. The normalized spacial score (nSPS) is 21.2. The highest BCUT2D eigenvalue weighted by molar-refractivity contribution is 6.00. The summed E-state index contributed by atoms with van der Waals surface area (Å²) in [7, 11) is 0. The zero-order chi connectivity index (χ0) is 22.2. The number of benzene rings is 1. The van der Waals surface area contributed by atoms with Gasteiger partial charge in [-0.3, -0.25) is 9.59 Å². The van der Waals surface area contributed by atoms with Gasteiger partial charge in [0.1, 0.15) is 5.82 Å². The number of imidazole rings is 1. The highest BCUT2D eigenvalue weighted by Gasteiger charge is 2.41. The third kappa shape index (κ3) is 4.37. The van der Waals surface area contributed by atoms with Crippen LogP contribution in [0.25, 0.3) is 0 Å². The Labute approximate surface area is 183 Å². The Kier molecular flexibility index (Phi) is 5.88. The molecule has 31 heavy (non-hydrogen) atoms. The lowest BCUT2D eigenvalue weighted by molar-refractivity contribution is -0.140. The Morgan fingerprint density at radius 2 is 1.97 bits per heavy atom. The first-order chi connectivity index (χ1) is 14.8. The lowest BCUT2D eigenvalue weighted by Crippen LogP contribution is -2.50. The Balaban J connectivity index is 1.39. The molecule has 1 N–H and O–H groups in total. The molecule has 0 radical (unpaired) electrons. The van der Waals surface area contributed by atoms with Gasteiger partial charge in [0, 0.05) is 44.1 Å². The summed E-state index contributed by atoms with van der Waals surface area (Å²) in [5.41, 5.74) is 1.21. The van der Waals surface area contributed by atoms with Crippen LogP contribution in [0, 0.1) is 12.8 Å². The van der Waals surface area contributed by atoms with Gasteiger partial charge >= 0.3 is 0 Å². The zero-order valence-electron chi connectivity index (χ0n) is 18.6. The lowest BCUT2D eigenvalue weighted by Gasteiger charge is -2.39. The summed E-state index contributed by atoms with van der Waals surface area (Å²) in [6.45, 7) is 8.08. The number of nitrogens with zero attached hydrogens (tertiary/aromatic N) is 4. The number of piperidine rings is 1. The van der Waals surface area contributed by atoms with Crippen molar-refractivity contribution >= 4 is 17.5 Å². The molecular formula is C24H32N4O3. The van der Waals surface area contributed by atoms with E-state index in [1.807, 2.05) is 40.8 Å². The number of carbonyl (C=O) groups excluding carboxylic acids is 2. The number of anilines is 1. The van der Waals surface area contributed by atoms with Crippen molar-refractivity contribution in [2.24, 2.45) is 5.92 Å². The lowest BCUT2D eigenvalue weighted by atomic mass is 9.90. The SMILES string of the molecule is Cc1nccn1CC1(O)CCN(C(=O)[C@H]2CC(=O)N(c3ccccc3C(C)C)C2)CC1. The fourth-order valence-electron chi connectivity index (χ4n) is 4.77. The van der Waals surface area contributed by atoms with E-state index in [0.29, 0.717) is 44.9 Å². The predicted octanol–water partition coefficient (Wildman–Crippen LogP) is 2.72. The maximum Gasteiger partial charge on any atom is 0.228 e. The number of aryl methyl sites for hydroxylation is 1. The van der Waals surface area contributed by atoms with Crippen LogP contribution in [-0.2, 0) is 16.1 Å². The first-order valence-electron chi connectivity index (χ1n) is 11.2. The van der Waals surface area contributed by atoms with E-state index in [0.717, 1.165) is 17.1 Å². The van der Waals surface area contributed by atoms with Crippen LogP contribution in [0.2, 0.25) is 0 Å². The van der Waals surface area contributed by atoms with Crippen LogP contribution < -0.4 is 4.90 Å². The van der Waals surface area contributed by atoms with E-state index in [1.54, 1.807) is 11.1 Å². The van der Waals surface area contributed by atoms with E-state index in [-0.39, 0.29) is 24.2 Å². The molecule has 3 heterocycles. The van der Waals surface area contributed by atoms with E-state index in [1.165, 1.54) is 0 Å². The maximum absolute atomic E-state index is 13.2. The molecule has 166 valence electrons. The standard InChI is InChI=1S/C24H32N4O3/c1-17(2)20-6-4-5-7-21(20)28-15-19(14-22(28)29)23(30)26-11-8-24(31,9-12-26)16-27-13-10-25-18(27)3/h4-7,10,13,17,19,31H,8-9,11-12,14-16H2,1-3H3/t19-/m0/s1. The molecule has 2 saturated heterocycles. The molecule has 0 aliphatic carbocycles. The molecule has 2 fully saturated rings. The second-order valence-corrected chi connectivity index (χ2v) is 9.27. The fourth-order valence-corrected chi connectivity index (χ4v) is 4.77. The van der Waals surface area contributed by atoms with Gasteiger partial charge in [-0.15, -0.1) is 0 Å². The van der Waals surface area contributed by atoms with Crippen LogP contribution in [0.5, 0.6) is 0 Å². The third-order valence-corrected chi connectivity index (χ3v) is 6.72. The molecule has 0 spiro atoms. The number of hydrogen-bond donors (Lipinski definition) is 1. The predicted molar refractivity (Wildman–Crippen MR) is 119 cm³/mol. The average Bonchev–Trinajstić information content (AvgIpc) is 3.33. The Hall–Kier alpha value is -2.67. The summed E-state index contributed by atoms with van der Waals surface area (Å²) >= 11 is 0. The summed E-state index contributed by atoms with van der Waals surface area (Å²) in [5.74, 6) is 0.889. The van der Waals surface area contributed by atoms with Crippen LogP contribution >= 0.6 is 0 Å². The van der Waals surface area contributed by atoms with Crippen molar-refractivity contribution in [1.82, 2.24) is 14.5 Å². The molecule has 2 aliphatic rings. The van der Waals surface area contributed by atoms with Crippen molar-refractivity contribution in [3.63, 3.8) is 0 Å². The smallest absolute Gasteiger partial charge is 0.228 e. The van der Waals surface area contributed by atoms with E-state index in [9.17, 15) is 14.7 Å². The highest BCUT2D eigenvalue weighted by Crippen LogP contribution is 2.33. The molecule has 0 saturated carbocycles. The van der Waals surface area contributed by atoms with Gasteiger partial charge in [0.15, 0.2) is 0 Å². The zero-order valence-corrected chi connectivity index (χ0v) is 18.6. The largest absolute Gasteiger partial charge is 0.388 e. The maximum atomic E-state index is 13.2. The van der Waals surface area contributed by atoms with E-state index >= 15 is 0 Å². The van der Waals surface area contributed by atoms with Crippen molar-refractivity contribution < 1.29 is 14.7 Å². The van der Waals surface area contributed by atoms with Crippen molar-refractivity contribution in [3.8, 4) is 0 Å². The van der Waals surface area contributed by atoms with Gasteiger partial charge in [0.05, 0.1) is 18.1 Å². The summed E-state index contributed by atoms with van der Waals surface area (Å²) < 4.78 is 1.96. The molecule has 1 aromatic heterocycles. The number of likely N-dealkylation sites (tertiary alicyclic amines) is 1. The minimum absolute atomic E-state index is 0.00977. The minimum Gasteiger partial charge on any atom is -0.388 e. The highest BCUT2D eigenvalue weighted by atomic mass is 16.3. The van der Waals surface area contributed by atoms with Gasteiger partial charge in [0.25, 0.3) is 0 Å². The second-order valence-electron chi connectivity index (χ2n) is 9.27. The second kappa shape index (κ2) is 8.46. The number of aliphatic hydroxyl groups is 1. The molecule has 1 aromatic carbocycles. The van der Waals surface area contributed by atoms with Gasteiger partial charge < -0.3 is 19.5 Å². The summed E-state index contributed by atoms with van der Waals surface area (Å²) in [5, 5.41) is 11.0. The average molecular weight is 425 g/mol. The van der Waals surface area contributed by atoms with Crippen LogP contribution in [-0.4, -0.2) is 56.6 Å². The minimum atomic E-state index is -0.837. The summed E-state index contributed by atoms with van der Waals surface area (Å²) in [6, 6.07) is 7.95. The molecule has 2 aliphatic heterocycles. The van der Waals surface area contributed by atoms with Crippen molar-refractivity contribution in [2.45, 2.75) is 58.1 Å². The van der Waals surface area contributed by atoms with Crippen molar-refractivity contribution in [3.05, 3.63) is 48.0 Å². The quantitative estimate of drug-likeness (QED) is 0.801. The number of carbonyl (C=O) groups is 2. The van der Waals surface area contributed by atoms with Gasteiger partial charge in [-0.1, -0.05) is 32.0 Å². The van der Waals surface area contributed by atoms with E-state index < -0.39 is 5.60 Å². The Morgan fingerprint density at radius 3 is 2.61 bits per heavy atom. The number of amides is 2. The Bertz CT molecular complexity index is 959. The van der Waals surface area contributed by atoms with Crippen molar-refractivity contribution in [1.29, 1.82) is 0 Å². The van der Waals surface area contributed by atoms with Gasteiger partial charge in [0.2, 0.25) is 11.8 Å². The van der Waals surface area contributed by atoms with Crippen molar-refractivity contribution in [2.75, 3.05) is 24.5 Å². The monoisotopic (exact) mass is 424 g/mol.